The van der Waals surface area contributed by atoms with Gasteiger partial charge in [-0.1, -0.05) is 23.2 Å². The molecule has 1 rings (SSSR count). The summed E-state index contributed by atoms with van der Waals surface area (Å²) < 4.78 is 5.19. The lowest BCUT2D eigenvalue weighted by molar-refractivity contribution is 0.158. The molecule has 84 valence electrons. The zero-order chi connectivity index (χ0) is 11.3. The van der Waals surface area contributed by atoms with Crippen molar-refractivity contribution in [3.8, 4) is 0 Å². The molecule has 0 fully saturated rings. The third-order valence-corrected chi connectivity index (χ3v) is 2.58. The van der Waals surface area contributed by atoms with Crippen LogP contribution in [0.3, 0.4) is 0 Å². The SMILES string of the molecule is CCOCCNc1cc(Cl)c(Cl)cc1N. The number of rotatable bonds is 5. The van der Waals surface area contributed by atoms with E-state index in [0.717, 1.165) is 5.69 Å². The second-order valence-corrected chi connectivity index (χ2v) is 3.79. The van der Waals surface area contributed by atoms with Gasteiger partial charge in [0.05, 0.1) is 28.0 Å². The van der Waals surface area contributed by atoms with Crippen molar-refractivity contribution in [2.45, 2.75) is 6.92 Å². The average molecular weight is 249 g/mol. The molecule has 15 heavy (non-hydrogen) atoms. The van der Waals surface area contributed by atoms with Gasteiger partial charge in [0.15, 0.2) is 0 Å². The van der Waals surface area contributed by atoms with Gasteiger partial charge in [-0.2, -0.15) is 0 Å². The molecule has 0 heterocycles. The normalized spacial score (nSPS) is 10.3. The fraction of sp³-hybridized carbons (Fsp3) is 0.400. The van der Waals surface area contributed by atoms with Gasteiger partial charge >= 0.3 is 0 Å². The third kappa shape index (κ3) is 3.78. The van der Waals surface area contributed by atoms with Gasteiger partial charge in [0.1, 0.15) is 0 Å². The molecule has 0 amide bonds. The van der Waals surface area contributed by atoms with Gasteiger partial charge in [0, 0.05) is 13.2 Å². The van der Waals surface area contributed by atoms with E-state index in [1.165, 1.54) is 0 Å². The van der Waals surface area contributed by atoms with Crippen LogP contribution < -0.4 is 11.1 Å². The van der Waals surface area contributed by atoms with Gasteiger partial charge in [0.25, 0.3) is 0 Å². The summed E-state index contributed by atoms with van der Waals surface area (Å²) in [4.78, 5) is 0. The van der Waals surface area contributed by atoms with Gasteiger partial charge in [-0.25, -0.2) is 0 Å². The molecule has 0 aliphatic heterocycles. The smallest absolute Gasteiger partial charge is 0.0638 e. The first-order valence-corrected chi connectivity index (χ1v) is 5.47. The molecule has 0 aromatic heterocycles. The van der Waals surface area contributed by atoms with E-state index in [1.54, 1.807) is 12.1 Å². The molecule has 3 N–H and O–H groups in total. The number of hydrogen-bond donors (Lipinski definition) is 2. The number of ether oxygens (including phenoxy) is 1. The minimum Gasteiger partial charge on any atom is -0.397 e. The maximum atomic E-state index is 5.87. The Bertz CT molecular complexity index is 331. The number of halogens is 2. The summed E-state index contributed by atoms with van der Waals surface area (Å²) in [6.45, 7) is 3.98. The second-order valence-electron chi connectivity index (χ2n) is 2.98. The van der Waals surface area contributed by atoms with Crippen LogP contribution in [-0.4, -0.2) is 19.8 Å². The van der Waals surface area contributed by atoms with E-state index in [4.69, 9.17) is 33.7 Å². The fourth-order valence-corrected chi connectivity index (χ4v) is 1.45. The summed E-state index contributed by atoms with van der Waals surface area (Å²) in [6, 6.07) is 3.35. The Kier molecular flexibility index (Phi) is 5.02. The Labute approximate surface area is 99.5 Å². The van der Waals surface area contributed by atoms with Crippen LogP contribution in [0, 0.1) is 0 Å². The Morgan fingerprint density at radius 3 is 2.67 bits per heavy atom. The first-order valence-electron chi connectivity index (χ1n) is 4.71. The molecule has 0 atom stereocenters. The zero-order valence-electron chi connectivity index (χ0n) is 8.52. The molecule has 0 spiro atoms. The van der Waals surface area contributed by atoms with Crippen molar-refractivity contribution >= 4 is 34.6 Å². The standard InChI is InChI=1S/C10H14Cl2N2O/c1-2-15-4-3-14-10-6-8(12)7(11)5-9(10)13/h5-6,14H,2-4,13H2,1H3. The first-order chi connectivity index (χ1) is 7.15. The maximum absolute atomic E-state index is 5.87. The highest BCUT2D eigenvalue weighted by molar-refractivity contribution is 6.42. The Hall–Kier alpha value is -0.640. The molecule has 0 aliphatic carbocycles. The van der Waals surface area contributed by atoms with Crippen molar-refractivity contribution in [3.05, 3.63) is 22.2 Å². The van der Waals surface area contributed by atoms with Crippen LogP contribution in [-0.2, 0) is 4.74 Å². The second kappa shape index (κ2) is 6.05. The van der Waals surface area contributed by atoms with Crippen LogP contribution in [0.4, 0.5) is 11.4 Å². The first kappa shape index (κ1) is 12.4. The summed E-state index contributed by atoms with van der Waals surface area (Å²) in [5, 5.41) is 4.08. The van der Waals surface area contributed by atoms with Gasteiger partial charge in [-0.3, -0.25) is 0 Å². The quantitative estimate of drug-likeness (QED) is 0.622. The van der Waals surface area contributed by atoms with E-state index in [0.29, 0.717) is 35.5 Å². The molecular weight excluding hydrogens is 235 g/mol. The minimum absolute atomic E-state index is 0.463. The van der Waals surface area contributed by atoms with E-state index < -0.39 is 0 Å². The van der Waals surface area contributed by atoms with Crippen molar-refractivity contribution < 1.29 is 4.74 Å². The van der Waals surface area contributed by atoms with Crippen molar-refractivity contribution in [3.63, 3.8) is 0 Å². The summed E-state index contributed by atoms with van der Waals surface area (Å²) in [6.07, 6.45) is 0. The fourth-order valence-electron chi connectivity index (χ4n) is 1.12. The zero-order valence-corrected chi connectivity index (χ0v) is 10.0. The highest BCUT2D eigenvalue weighted by Gasteiger charge is 2.04. The van der Waals surface area contributed by atoms with Crippen LogP contribution in [0.25, 0.3) is 0 Å². The van der Waals surface area contributed by atoms with E-state index >= 15 is 0 Å². The molecule has 0 saturated heterocycles. The maximum Gasteiger partial charge on any atom is 0.0638 e. The lowest BCUT2D eigenvalue weighted by Crippen LogP contribution is -2.10. The number of hydrogen-bond acceptors (Lipinski definition) is 3. The Morgan fingerprint density at radius 1 is 1.33 bits per heavy atom. The van der Waals surface area contributed by atoms with Gasteiger partial charge < -0.3 is 15.8 Å². The molecule has 5 heteroatoms. The summed E-state index contributed by atoms with van der Waals surface area (Å²) in [5.74, 6) is 0. The molecule has 1 aromatic rings. The van der Waals surface area contributed by atoms with Gasteiger partial charge in [-0.15, -0.1) is 0 Å². The predicted octanol–water partition coefficient (Wildman–Crippen LogP) is 3.02. The lowest BCUT2D eigenvalue weighted by atomic mass is 10.2. The van der Waals surface area contributed by atoms with E-state index in [1.807, 2.05) is 6.92 Å². The van der Waals surface area contributed by atoms with Crippen LogP contribution in [0.1, 0.15) is 6.92 Å². The Balaban J connectivity index is 2.57. The number of benzene rings is 1. The molecular formula is C10H14Cl2N2O. The number of nitrogens with one attached hydrogen (secondary N) is 1. The van der Waals surface area contributed by atoms with Crippen molar-refractivity contribution in [2.24, 2.45) is 0 Å². The predicted molar refractivity (Wildman–Crippen MR) is 65.9 cm³/mol. The van der Waals surface area contributed by atoms with Crippen LogP contribution in [0.2, 0.25) is 10.0 Å². The van der Waals surface area contributed by atoms with Crippen molar-refractivity contribution in [1.82, 2.24) is 0 Å². The van der Waals surface area contributed by atoms with E-state index in [-0.39, 0.29) is 0 Å². The summed E-state index contributed by atoms with van der Waals surface area (Å²) in [7, 11) is 0. The summed E-state index contributed by atoms with van der Waals surface area (Å²) >= 11 is 11.7. The molecule has 0 saturated carbocycles. The largest absolute Gasteiger partial charge is 0.397 e. The van der Waals surface area contributed by atoms with Gasteiger partial charge in [0.2, 0.25) is 0 Å². The molecule has 0 radical (unpaired) electrons. The third-order valence-electron chi connectivity index (χ3n) is 1.86. The van der Waals surface area contributed by atoms with Crippen LogP contribution in [0.15, 0.2) is 12.1 Å². The van der Waals surface area contributed by atoms with Crippen molar-refractivity contribution in [1.29, 1.82) is 0 Å². The number of nitrogens with two attached hydrogens (primary N) is 1. The molecule has 1 aromatic carbocycles. The average Bonchev–Trinajstić information content (AvgIpc) is 2.20. The Morgan fingerprint density at radius 2 is 2.00 bits per heavy atom. The van der Waals surface area contributed by atoms with Gasteiger partial charge in [-0.05, 0) is 19.1 Å². The highest BCUT2D eigenvalue weighted by Crippen LogP contribution is 2.30. The summed E-state index contributed by atoms with van der Waals surface area (Å²) in [5.41, 5.74) is 7.12. The van der Waals surface area contributed by atoms with Crippen molar-refractivity contribution in [2.75, 3.05) is 30.8 Å². The topological polar surface area (TPSA) is 47.3 Å². The lowest BCUT2D eigenvalue weighted by Gasteiger charge is -2.10. The number of anilines is 2. The minimum atomic E-state index is 0.463. The molecule has 3 nitrogen and oxygen atoms in total. The molecule has 0 unspecified atom stereocenters. The molecule has 0 aliphatic rings. The van der Waals surface area contributed by atoms with E-state index in [9.17, 15) is 0 Å². The molecule has 0 bridgehead atoms. The monoisotopic (exact) mass is 248 g/mol. The van der Waals surface area contributed by atoms with Crippen LogP contribution in [0.5, 0.6) is 0 Å². The number of nitrogen functional groups attached to an aromatic ring is 1. The van der Waals surface area contributed by atoms with Crippen LogP contribution >= 0.6 is 23.2 Å². The van der Waals surface area contributed by atoms with E-state index in [2.05, 4.69) is 5.32 Å². The highest BCUT2D eigenvalue weighted by atomic mass is 35.5.